The van der Waals surface area contributed by atoms with E-state index in [1.807, 2.05) is 6.08 Å². The van der Waals surface area contributed by atoms with Crippen molar-refractivity contribution in [3.05, 3.63) is 54.8 Å². The first-order valence-electron chi connectivity index (χ1n) is 6.23. The molecule has 0 aromatic carbocycles. The summed E-state index contributed by atoms with van der Waals surface area (Å²) in [4.78, 5) is 0. The highest BCUT2D eigenvalue weighted by molar-refractivity contribution is 14.1. The minimum Gasteiger partial charge on any atom is -0.0990 e. The van der Waals surface area contributed by atoms with Gasteiger partial charge in [0.05, 0.1) is 0 Å². The lowest BCUT2D eigenvalue weighted by molar-refractivity contribution is 0.566. The largest absolute Gasteiger partial charge is 0.0990 e. The Morgan fingerprint density at radius 1 is 1.39 bits per heavy atom. The van der Waals surface area contributed by atoms with Crippen LogP contribution in [0.5, 0.6) is 0 Å². The Kier molecular flexibility index (Phi) is 4.57. The normalized spacial score (nSPS) is 25.2. The average Bonchev–Trinajstić information content (AvgIpc) is 2.52. The van der Waals surface area contributed by atoms with Gasteiger partial charge in [0, 0.05) is 8.99 Å². The van der Waals surface area contributed by atoms with Crippen LogP contribution in [0.15, 0.2) is 54.8 Å². The van der Waals surface area contributed by atoms with Gasteiger partial charge in [-0.2, -0.15) is 0 Å². The third-order valence-electron chi connectivity index (χ3n) is 3.82. The van der Waals surface area contributed by atoms with Gasteiger partial charge in [-0.15, -0.1) is 0 Å². The van der Waals surface area contributed by atoms with Crippen LogP contribution in [0, 0.1) is 5.41 Å². The van der Waals surface area contributed by atoms with E-state index in [0.29, 0.717) is 0 Å². The number of hydrogen-bond acceptors (Lipinski definition) is 0. The molecule has 0 spiro atoms. The Bertz CT molecular complexity index is 499. The Labute approximate surface area is 137 Å². The first-order chi connectivity index (χ1) is 8.45. The fraction of sp³-hybridized carbons (Fsp3) is 0.375. The highest BCUT2D eigenvalue weighted by atomic mass is 127. The minimum absolute atomic E-state index is 0.192. The van der Waals surface area contributed by atoms with Crippen LogP contribution in [-0.2, 0) is 0 Å². The van der Waals surface area contributed by atoms with Gasteiger partial charge in [-0.25, -0.2) is 0 Å². The van der Waals surface area contributed by atoms with Gasteiger partial charge < -0.3 is 0 Å². The van der Waals surface area contributed by atoms with Crippen molar-refractivity contribution in [1.82, 2.24) is 0 Å². The zero-order valence-electron chi connectivity index (χ0n) is 10.9. The molecular formula is C16H18I2. The lowest BCUT2D eigenvalue weighted by Gasteiger charge is -2.25. The molecular weight excluding hydrogens is 446 g/mol. The van der Waals surface area contributed by atoms with Crippen molar-refractivity contribution < 1.29 is 0 Å². The standard InChI is InChI=1S/C16H18I2/c1-4-5-13(17)9-12-8-11-6-7-14(18)10-15(11)16(12,2)3/h4-5,9-10H,1,6-8H2,2-3H3/b12-9+,13-5+. The summed E-state index contributed by atoms with van der Waals surface area (Å²) in [5.74, 6) is 0. The number of halogens is 2. The van der Waals surface area contributed by atoms with Gasteiger partial charge in [0.2, 0.25) is 0 Å². The molecule has 0 N–H and O–H groups in total. The minimum atomic E-state index is 0.192. The molecule has 2 heteroatoms. The Hall–Kier alpha value is 0.160. The van der Waals surface area contributed by atoms with Crippen LogP contribution >= 0.6 is 45.2 Å². The molecule has 0 bridgehead atoms. The van der Waals surface area contributed by atoms with E-state index in [1.54, 1.807) is 11.1 Å². The quantitative estimate of drug-likeness (QED) is 0.335. The number of rotatable bonds is 2. The van der Waals surface area contributed by atoms with Gasteiger partial charge in [-0.3, -0.25) is 0 Å². The molecule has 2 aliphatic rings. The lowest BCUT2D eigenvalue weighted by Crippen LogP contribution is -2.12. The molecule has 0 radical (unpaired) electrons. The Morgan fingerprint density at radius 2 is 2.11 bits per heavy atom. The molecule has 0 nitrogen and oxygen atoms in total. The molecule has 18 heavy (non-hydrogen) atoms. The molecule has 0 aliphatic heterocycles. The molecule has 0 fully saturated rings. The van der Waals surface area contributed by atoms with Crippen molar-refractivity contribution in [2.24, 2.45) is 5.41 Å². The fourth-order valence-corrected chi connectivity index (χ4v) is 3.94. The van der Waals surface area contributed by atoms with Crippen LogP contribution in [0.4, 0.5) is 0 Å². The first kappa shape index (κ1) is 14.6. The second-order valence-electron chi connectivity index (χ2n) is 5.37. The maximum atomic E-state index is 3.76. The molecule has 0 saturated heterocycles. The zero-order valence-corrected chi connectivity index (χ0v) is 15.2. The van der Waals surface area contributed by atoms with Crippen molar-refractivity contribution in [1.29, 1.82) is 0 Å². The number of hydrogen-bond donors (Lipinski definition) is 0. The van der Waals surface area contributed by atoms with Gasteiger partial charge in [0.25, 0.3) is 0 Å². The highest BCUT2D eigenvalue weighted by Crippen LogP contribution is 2.52. The molecule has 0 atom stereocenters. The summed E-state index contributed by atoms with van der Waals surface area (Å²) < 4.78 is 2.77. The van der Waals surface area contributed by atoms with E-state index < -0.39 is 0 Å². The van der Waals surface area contributed by atoms with Crippen molar-refractivity contribution in [3.8, 4) is 0 Å². The molecule has 0 amide bonds. The zero-order chi connectivity index (χ0) is 13.3. The molecule has 96 valence electrons. The van der Waals surface area contributed by atoms with Gasteiger partial charge in [0.15, 0.2) is 0 Å². The van der Waals surface area contributed by atoms with Crippen molar-refractivity contribution >= 4 is 45.2 Å². The second-order valence-corrected chi connectivity index (χ2v) is 8.00. The predicted octanol–water partition coefficient (Wildman–Crippen LogP) is 6.26. The summed E-state index contributed by atoms with van der Waals surface area (Å²) in [7, 11) is 0. The van der Waals surface area contributed by atoms with E-state index >= 15 is 0 Å². The lowest BCUT2D eigenvalue weighted by atomic mass is 9.80. The van der Waals surface area contributed by atoms with Gasteiger partial charge in [-0.1, -0.05) is 37.6 Å². The summed E-state index contributed by atoms with van der Waals surface area (Å²) >= 11 is 4.86. The third-order valence-corrected chi connectivity index (χ3v) is 5.34. The summed E-state index contributed by atoms with van der Waals surface area (Å²) in [6.45, 7) is 8.47. The van der Waals surface area contributed by atoms with Crippen molar-refractivity contribution in [2.75, 3.05) is 0 Å². The van der Waals surface area contributed by atoms with Crippen LogP contribution < -0.4 is 0 Å². The van der Waals surface area contributed by atoms with Crippen molar-refractivity contribution in [2.45, 2.75) is 33.1 Å². The van der Waals surface area contributed by atoms with E-state index in [1.165, 1.54) is 25.6 Å². The molecule has 0 saturated carbocycles. The Balaban J connectivity index is 2.37. The monoisotopic (exact) mass is 464 g/mol. The maximum absolute atomic E-state index is 3.76. The molecule has 0 unspecified atom stereocenters. The average molecular weight is 464 g/mol. The van der Waals surface area contributed by atoms with E-state index in [4.69, 9.17) is 0 Å². The first-order valence-corrected chi connectivity index (χ1v) is 8.38. The van der Waals surface area contributed by atoms with Gasteiger partial charge in [0.1, 0.15) is 0 Å². The van der Waals surface area contributed by atoms with E-state index in [0.717, 1.165) is 6.42 Å². The van der Waals surface area contributed by atoms with Crippen LogP contribution in [-0.4, -0.2) is 0 Å². The molecule has 2 aliphatic carbocycles. The van der Waals surface area contributed by atoms with Crippen LogP contribution in [0.25, 0.3) is 0 Å². The highest BCUT2D eigenvalue weighted by Gasteiger charge is 2.36. The summed E-state index contributed by atoms with van der Waals surface area (Å²) in [6.07, 6.45) is 12.3. The summed E-state index contributed by atoms with van der Waals surface area (Å²) in [6, 6.07) is 0. The van der Waals surface area contributed by atoms with Crippen LogP contribution in [0.3, 0.4) is 0 Å². The van der Waals surface area contributed by atoms with Crippen molar-refractivity contribution in [3.63, 3.8) is 0 Å². The topological polar surface area (TPSA) is 0 Å². The molecule has 0 heterocycles. The summed E-state index contributed by atoms with van der Waals surface area (Å²) in [5.41, 5.74) is 4.94. The van der Waals surface area contributed by atoms with Gasteiger partial charge in [-0.05, 0) is 91.8 Å². The Morgan fingerprint density at radius 3 is 2.78 bits per heavy atom. The third kappa shape index (κ3) is 2.84. The molecule has 0 aromatic heterocycles. The maximum Gasteiger partial charge on any atom is 0.0130 e. The van der Waals surface area contributed by atoms with E-state index in [2.05, 4.69) is 83.8 Å². The van der Waals surface area contributed by atoms with E-state index in [9.17, 15) is 0 Å². The molecule has 2 rings (SSSR count). The van der Waals surface area contributed by atoms with E-state index in [-0.39, 0.29) is 5.41 Å². The predicted molar refractivity (Wildman–Crippen MR) is 97.1 cm³/mol. The fourth-order valence-electron chi connectivity index (χ4n) is 2.72. The van der Waals surface area contributed by atoms with Crippen LogP contribution in [0.2, 0.25) is 0 Å². The number of allylic oxidation sites excluding steroid dienone is 9. The smallest absolute Gasteiger partial charge is 0.0130 e. The second kappa shape index (κ2) is 5.65. The summed E-state index contributed by atoms with van der Waals surface area (Å²) in [5, 5.41) is 0. The SMILES string of the molecule is C=C/C=C(I)\C=C1/CC2=C(C=C(I)CC2)C1(C)C. The van der Waals surface area contributed by atoms with Crippen LogP contribution in [0.1, 0.15) is 33.1 Å². The molecule has 0 aromatic rings. The van der Waals surface area contributed by atoms with Gasteiger partial charge >= 0.3 is 0 Å².